The Kier molecular flexibility index (Phi) is 5.27. The molecule has 3 aromatic rings. The molecule has 31 heavy (non-hydrogen) atoms. The van der Waals surface area contributed by atoms with E-state index in [1.165, 1.54) is 11.3 Å². The fourth-order valence-electron chi connectivity index (χ4n) is 3.00. The molecule has 0 spiro atoms. The number of carbonyl (C=O) groups is 1. The first-order valence-corrected chi connectivity index (χ1v) is 9.80. The molecule has 6 nitrogen and oxygen atoms in total. The molecule has 0 bridgehead atoms. The number of rotatable bonds is 3. The van der Waals surface area contributed by atoms with E-state index in [-0.39, 0.29) is 0 Å². The van der Waals surface area contributed by atoms with Gasteiger partial charge in [-0.1, -0.05) is 0 Å². The van der Waals surface area contributed by atoms with Crippen molar-refractivity contribution < 1.29 is 22.4 Å². The topological polar surface area (TPSA) is 82.8 Å². The molecule has 0 aliphatic carbocycles. The summed E-state index contributed by atoms with van der Waals surface area (Å²) in [5, 5.41) is 7.30. The van der Waals surface area contributed by atoms with Crippen LogP contribution < -0.4 is 31.2 Å². The predicted octanol–water partition coefficient (Wildman–Crippen LogP) is 3.67. The second-order valence-corrected chi connectivity index (χ2v) is 7.47. The van der Waals surface area contributed by atoms with Crippen molar-refractivity contribution in [3.8, 4) is 0 Å². The lowest BCUT2D eigenvalue weighted by atomic mass is 10.2. The van der Waals surface area contributed by atoms with Crippen molar-refractivity contribution in [2.24, 2.45) is 10.7 Å². The highest BCUT2D eigenvalue weighted by molar-refractivity contribution is 7.07. The Morgan fingerprint density at radius 3 is 2.55 bits per heavy atom. The number of halogens is 4. The van der Waals surface area contributed by atoms with Crippen LogP contribution in [0.4, 0.5) is 39.4 Å². The highest BCUT2D eigenvalue weighted by Crippen LogP contribution is 2.32. The Morgan fingerprint density at radius 1 is 1.10 bits per heavy atom. The van der Waals surface area contributed by atoms with E-state index in [0.29, 0.717) is 36.4 Å². The van der Waals surface area contributed by atoms with Crippen molar-refractivity contribution in [2.45, 2.75) is 6.18 Å². The average Bonchev–Trinajstić information content (AvgIpc) is 3.20. The first kappa shape index (κ1) is 20.7. The number of nitrogens with two attached hydrogens (primary N) is 1. The van der Waals surface area contributed by atoms with E-state index in [1.807, 2.05) is 11.4 Å². The Hall–Kier alpha value is -3.60. The summed E-state index contributed by atoms with van der Waals surface area (Å²) in [6.07, 6.45) is -4.65. The summed E-state index contributed by atoms with van der Waals surface area (Å²) in [7, 11) is 0. The van der Waals surface area contributed by atoms with Crippen LogP contribution >= 0.6 is 11.3 Å². The fourth-order valence-corrected chi connectivity index (χ4v) is 3.77. The number of urea groups is 1. The Morgan fingerprint density at radius 2 is 1.84 bits per heavy atom. The number of alkyl halides is 3. The lowest BCUT2D eigenvalue weighted by Crippen LogP contribution is -2.41. The second-order valence-electron chi connectivity index (χ2n) is 6.57. The first-order chi connectivity index (χ1) is 14.7. The summed E-state index contributed by atoms with van der Waals surface area (Å²) in [6, 6.07) is 9.39. The van der Waals surface area contributed by atoms with Crippen LogP contribution in [0.2, 0.25) is 0 Å². The lowest BCUT2D eigenvalue weighted by Gasteiger charge is -2.25. The van der Waals surface area contributed by atoms with Crippen molar-refractivity contribution in [1.29, 1.82) is 0 Å². The van der Waals surface area contributed by atoms with E-state index < -0.39 is 29.3 Å². The number of anilines is 3. The van der Waals surface area contributed by atoms with Gasteiger partial charge in [-0.15, -0.1) is 11.3 Å². The van der Waals surface area contributed by atoms with Gasteiger partial charge in [-0.25, -0.2) is 9.18 Å². The largest absolute Gasteiger partial charge is 0.416 e. The molecule has 11 heteroatoms. The maximum absolute atomic E-state index is 13.8. The van der Waals surface area contributed by atoms with Crippen LogP contribution in [0, 0.1) is 5.82 Å². The van der Waals surface area contributed by atoms with Crippen LogP contribution in [0.3, 0.4) is 0 Å². The third-order valence-electron chi connectivity index (χ3n) is 4.55. The van der Waals surface area contributed by atoms with E-state index in [0.717, 1.165) is 15.6 Å². The third-order valence-corrected chi connectivity index (χ3v) is 5.39. The SMILES string of the molecule is NC1=c2ccsc2=NCN1c1ccc(NC(=O)Nc2cc(C(F)(F)F)ccc2F)cc1. The van der Waals surface area contributed by atoms with Crippen molar-refractivity contribution in [2.75, 3.05) is 22.2 Å². The molecule has 0 radical (unpaired) electrons. The van der Waals surface area contributed by atoms with Gasteiger partial charge in [-0.3, -0.25) is 4.99 Å². The molecule has 4 N–H and O–H groups in total. The minimum absolute atomic E-state index is 0.349. The quantitative estimate of drug-likeness (QED) is 0.534. The Labute approximate surface area is 177 Å². The van der Waals surface area contributed by atoms with Gasteiger partial charge in [0.05, 0.1) is 16.5 Å². The number of hydrogen-bond donors (Lipinski definition) is 3. The van der Waals surface area contributed by atoms with Crippen molar-refractivity contribution >= 4 is 40.3 Å². The van der Waals surface area contributed by atoms with E-state index in [1.54, 1.807) is 29.2 Å². The van der Waals surface area contributed by atoms with E-state index >= 15 is 0 Å². The molecule has 0 fully saturated rings. The van der Waals surface area contributed by atoms with Crippen LogP contribution in [0.25, 0.3) is 5.82 Å². The zero-order valence-corrected chi connectivity index (χ0v) is 16.5. The minimum Gasteiger partial charge on any atom is -0.384 e. The normalized spacial score (nSPS) is 13.4. The van der Waals surface area contributed by atoms with E-state index in [2.05, 4.69) is 15.6 Å². The molecule has 2 aromatic carbocycles. The summed E-state index contributed by atoms with van der Waals surface area (Å²) < 4.78 is 53.0. The maximum Gasteiger partial charge on any atom is 0.416 e. The monoisotopic (exact) mass is 449 g/mol. The standard InChI is InChI=1S/C20H15F4N5OS/c21-15-6-1-11(20(22,23)24)9-16(15)28-19(30)27-12-2-4-13(5-3-12)29-10-26-18-14(17(29)25)7-8-31-18/h1-9H,10,25H2,(H2,27,28,30). The molecule has 1 aromatic heterocycles. The number of hydrogen-bond acceptors (Lipinski definition) is 5. The Bertz CT molecular complexity index is 1250. The van der Waals surface area contributed by atoms with Gasteiger partial charge in [-0.05, 0) is 53.9 Å². The molecular formula is C20H15F4N5OS. The van der Waals surface area contributed by atoms with Crippen LogP contribution in [0.15, 0.2) is 58.9 Å². The average molecular weight is 449 g/mol. The molecule has 2 amide bonds. The third kappa shape index (κ3) is 4.31. The Balaban J connectivity index is 1.46. The number of nitrogens with one attached hydrogen (secondary N) is 2. The number of fused-ring (bicyclic) bond motifs is 1. The number of benzene rings is 2. The van der Waals surface area contributed by atoms with Gasteiger partial charge in [0.25, 0.3) is 0 Å². The van der Waals surface area contributed by atoms with Gasteiger partial charge >= 0.3 is 12.2 Å². The van der Waals surface area contributed by atoms with Crippen LogP contribution in [-0.2, 0) is 6.18 Å². The van der Waals surface area contributed by atoms with E-state index in [4.69, 9.17) is 5.73 Å². The highest BCUT2D eigenvalue weighted by Gasteiger charge is 2.31. The van der Waals surface area contributed by atoms with Gasteiger partial charge < -0.3 is 21.3 Å². The van der Waals surface area contributed by atoms with Crippen molar-refractivity contribution in [3.63, 3.8) is 0 Å². The molecule has 4 rings (SSSR count). The summed E-state index contributed by atoms with van der Waals surface area (Å²) in [5.41, 5.74) is 5.68. The van der Waals surface area contributed by atoms with Gasteiger partial charge in [-0.2, -0.15) is 13.2 Å². The highest BCUT2D eigenvalue weighted by atomic mass is 32.1. The lowest BCUT2D eigenvalue weighted by molar-refractivity contribution is -0.137. The zero-order valence-electron chi connectivity index (χ0n) is 15.7. The van der Waals surface area contributed by atoms with E-state index in [9.17, 15) is 22.4 Å². The van der Waals surface area contributed by atoms with Gasteiger partial charge in [0.15, 0.2) is 0 Å². The summed E-state index contributed by atoms with van der Waals surface area (Å²) in [4.78, 5) is 18.4. The summed E-state index contributed by atoms with van der Waals surface area (Å²) in [6.45, 7) is 0.349. The minimum atomic E-state index is -4.65. The van der Waals surface area contributed by atoms with Gasteiger partial charge in [0.2, 0.25) is 0 Å². The molecular weight excluding hydrogens is 434 g/mol. The van der Waals surface area contributed by atoms with Crippen LogP contribution in [-0.4, -0.2) is 12.7 Å². The molecule has 0 atom stereocenters. The smallest absolute Gasteiger partial charge is 0.384 e. The molecule has 0 saturated heterocycles. The molecule has 160 valence electrons. The number of carbonyl (C=O) groups excluding carboxylic acids is 1. The van der Waals surface area contributed by atoms with Crippen molar-refractivity contribution in [3.05, 3.63) is 75.2 Å². The van der Waals surface area contributed by atoms with Crippen molar-refractivity contribution in [1.82, 2.24) is 0 Å². The molecule has 0 unspecified atom stereocenters. The predicted molar refractivity (Wildman–Crippen MR) is 111 cm³/mol. The molecule has 2 heterocycles. The first-order valence-electron chi connectivity index (χ1n) is 8.92. The zero-order chi connectivity index (χ0) is 22.2. The maximum atomic E-state index is 13.8. The van der Waals surface area contributed by atoms with Crippen LogP contribution in [0.5, 0.6) is 0 Å². The number of amides is 2. The fraction of sp³-hybridized carbons (Fsp3) is 0.100. The van der Waals surface area contributed by atoms with Gasteiger partial charge in [0, 0.05) is 11.4 Å². The summed E-state index contributed by atoms with van der Waals surface area (Å²) >= 11 is 1.50. The van der Waals surface area contributed by atoms with Gasteiger partial charge in [0.1, 0.15) is 23.0 Å². The molecule has 1 aliphatic rings. The number of nitrogens with zero attached hydrogens (tertiary/aromatic N) is 2. The van der Waals surface area contributed by atoms with Crippen LogP contribution in [0.1, 0.15) is 5.56 Å². The molecule has 1 aliphatic heterocycles. The number of thiophene rings is 1. The second kappa shape index (κ2) is 7.91. The summed E-state index contributed by atoms with van der Waals surface area (Å²) in [5.74, 6) is -0.420. The molecule has 0 saturated carbocycles.